The van der Waals surface area contributed by atoms with Crippen LogP contribution in [0.25, 0.3) is 22.2 Å². The van der Waals surface area contributed by atoms with E-state index in [4.69, 9.17) is 0 Å². The molecule has 0 saturated heterocycles. The monoisotopic (exact) mass is 355 g/mol. The van der Waals surface area contributed by atoms with Crippen molar-refractivity contribution in [3.05, 3.63) is 89.7 Å². The predicted molar refractivity (Wildman–Crippen MR) is 109 cm³/mol. The van der Waals surface area contributed by atoms with Gasteiger partial charge < -0.3 is 10.3 Å². The van der Waals surface area contributed by atoms with Crippen LogP contribution in [-0.2, 0) is 6.42 Å². The molecule has 0 aliphatic heterocycles. The highest BCUT2D eigenvalue weighted by molar-refractivity contribution is 5.94. The van der Waals surface area contributed by atoms with Crippen molar-refractivity contribution in [3.63, 3.8) is 0 Å². The number of amides is 1. The number of hydrogen-bond donors (Lipinski definition) is 2. The molecule has 4 rings (SSSR count). The molecule has 0 radical (unpaired) electrons. The zero-order valence-electron chi connectivity index (χ0n) is 15.2. The molecular weight excluding hydrogens is 334 g/mol. The van der Waals surface area contributed by atoms with Crippen molar-refractivity contribution in [1.82, 2.24) is 15.3 Å². The van der Waals surface area contributed by atoms with Gasteiger partial charge in [0.05, 0.1) is 0 Å². The number of carbonyl (C=O) groups excluding carboxylic acids is 1. The van der Waals surface area contributed by atoms with Gasteiger partial charge in [0.15, 0.2) is 0 Å². The fraction of sp³-hybridized carbons (Fsp3) is 0.130. The minimum absolute atomic E-state index is 0.0306. The first-order chi connectivity index (χ1) is 13.2. The highest BCUT2D eigenvalue weighted by Gasteiger charge is 2.06. The lowest BCUT2D eigenvalue weighted by Gasteiger charge is -2.08. The lowest BCUT2D eigenvalue weighted by molar-refractivity contribution is 0.0954. The summed E-state index contributed by atoms with van der Waals surface area (Å²) in [6.45, 7) is 2.59. The van der Waals surface area contributed by atoms with Crippen molar-refractivity contribution in [1.29, 1.82) is 0 Å². The van der Waals surface area contributed by atoms with E-state index in [0.29, 0.717) is 12.1 Å². The van der Waals surface area contributed by atoms with E-state index in [9.17, 15) is 4.79 Å². The molecule has 4 nitrogen and oxygen atoms in total. The number of hydrogen-bond acceptors (Lipinski definition) is 2. The molecule has 4 heteroatoms. The number of rotatable bonds is 5. The van der Waals surface area contributed by atoms with E-state index in [1.165, 1.54) is 5.56 Å². The maximum absolute atomic E-state index is 12.3. The Morgan fingerprint density at radius 3 is 2.81 bits per heavy atom. The second-order valence-electron chi connectivity index (χ2n) is 6.72. The van der Waals surface area contributed by atoms with Crippen molar-refractivity contribution in [2.45, 2.75) is 13.3 Å². The minimum Gasteiger partial charge on any atom is -0.352 e. The molecule has 2 aromatic carbocycles. The average molecular weight is 355 g/mol. The molecule has 4 aromatic rings. The van der Waals surface area contributed by atoms with Crippen molar-refractivity contribution >= 4 is 16.9 Å². The topological polar surface area (TPSA) is 57.8 Å². The van der Waals surface area contributed by atoms with Gasteiger partial charge >= 0.3 is 0 Å². The van der Waals surface area contributed by atoms with Crippen LogP contribution in [0.1, 0.15) is 21.5 Å². The van der Waals surface area contributed by atoms with Crippen molar-refractivity contribution in [2.75, 3.05) is 6.54 Å². The molecule has 0 saturated carbocycles. The van der Waals surface area contributed by atoms with Crippen LogP contribution in [0.2, 0.25) is 0 Å². The Hall–Kier alpha value is -3.40. The van der Waals surface area contributed by atoms with E-state index in [0.717, 1.165) is 34.1 Å². The Labute approximate surface area is 158 Å². The summed E-state index contributed by atoms with van der Waals surface area (Å²) in [6, 6.07) is 20.2. The predicted octanol–water partition coefficient (Wildman–Crippen LogP) is 4.51. The molecule has 0 fully saturated rings. The van der Waals surface area contributed by atoms with Gasteiger partial charge in [-0.2, -0.15) is 0 Å². The number of aromatic amines is 1. The number of carbonyl (C=O) groups is 1. The third-order valence-corrected chi connectivity index (χ3v) is 4.64. The smallest absolute Gasteiger partial charge is 0.251 e. The summed E-state index contributed by atoms with van der Waals surface area (Å²) in [6.07, 6.45) is 4.57. The third kappa shape index (κ3) is 3.90. The molecule has 0 bridgehead atoms. The number of H-pyrrole nitrogens is 1. The molecule has 27 heavy (non-hydrogen) atoms. The van der Waals surface area contributed by atoms with E-state index in [1.807, 2.05) is 55.7 Å². The summed E-state index contributed by atoms with van der Waals surface area (Å²) in [5, 5.41) is 4.10. The summed E-state index contributed by atoms with van der Waals surface area (Å²) >= 11 is 0. The average Bonchev–Trinajstić information content (AvgIpc) is 3.16. The molecule has 0 spiro atoms. The van der Waals surface area contributed by atoms with Crippen LogP contribution in [0.4, 0.5) is 0 Å². The highest BCUT2D eigenvalue weighted by atomic mass is 16.1. The normalized spacial score (nSPS) is 10.9. The van der Waals surface area contributed by atoms with E-state index in [2.05, 4.69) is 39.6 Å². The number of nitrogens with zero attached hydrogens (tertiary/aromatic N) is 1. The Morgan fingerprint density at radius 1 is 1.04 bits per heavy atom. The fourth-order valence-corrected chi connectivity index (χ4v) is 3.21. The Bertz CT molecular complexity index is 1100. The minimum atomic E-state index is -0.0306. The quantitative estimate of drug-likeness (QED) is 0.553. The van der Waals surface area contributed by atoms with Crippen molar-refractivity contribution < 1.29 is 4.79 Å². The Balaban J connectivity index is 1.42. The molecule has 0 unspecified atom stereocenters. The number of aromatic nitrogens is 2. The van der Waals surface area contributed by atoms with Gasteiger partial charge in [-0.15, -0.1) is 0 Å². The summed E-state index contributed by atoms with van der Waals surface area (Å²) < 4.78 is 0. The van der Waals surface area contributed by atoms with Crippen LogP contribution in [0.15, 0.2) is 73.1 Å². The molecule has 2 aromatic heterocycles. The summed E-state index contributed by atoms with van der Waals surface area (Å²) in [7, 11) is 0. The summed E-state index contributed by atoms with van der Waals surface area (Å²) in [5.41, 5.74) is 6.10. The lowest BCUT2D eigenvalue weighted by atomic mass is 10.0. The van der Waals surface area contributed by atoms with Crippen molar-refractivity contribution in [2.24, 2.45) is 0 Å². The largest absolute Gasteiger partial charge is 0.352 e. The van der Waals surface area contributed by atoms with Crippen LogP contribution in [0.5, 0.6) is 0 Å². The summed E-state index contributed by atoms with van der Waals surface area (Å²) in [4.78, 5) is 19.8. The van der Waals surface area contributed by atoms with Gasteiger partial charge in [0.25, 0.3) is 5.91 Å². The van der Waals surface area contributed by atoms with Gasteiger partial charge in [-0.3, -0.25) is 4.79 Å². The van der Waals surface area contributed by atoms with E-state index < -0.39 is 0 Å². The van der Waals surface area contributed by atoms with Crippen LogP contribution in [0.3, 0.4) is 0 Å². The van der Waals surface area contributed by atoms with Gasteiger partial charge in [0, 0.05) is 35.5 Å². The first-order valence-electron chi connectivity index (χ1n) is 9.06. The van der Waals surface area contributed by atoms with E-state index in [-0.39, 0.29) is 5.91 Å². The lowest BCUT2D eigenvalue weighted by Crippen LogP contribution is -2.25. The maximum atomic E-state index is 12.3. The van der Waals surface area contributed by atoms with Crippen LogP contribution < -0.4 is 5.32 Å². The Morgan fingerprint density at radius 2 is 1.93 bits per heavy atom. The highest BCUT2D eigenvalue weighted by Crippen LogP contribution is 2.23. The van der Waals surface area contributed by atoms with Crippen LogP contribution >= 0.6 is 0 Å². The number of aryl methyl sites for hydroxylation is 1. The number of benzene rings is 2. The number of fused-ring (bicyclic) bond motifs is 1. The fourth-order valence-electron chi connectivity index (χ4n) is 3.21. The van der Waals surface area contributed by atoms with Gasteiger partial charge in [0.1, 0.15) is 5.65 Å². The molecule has 0 atom stereocenters. The molecule has 2 N–H and O–H groups in total. The molecule has 2 heterocycles. The van der Waals surface area contributed by atoms with Crippen molar-refractivity contribution in [3.8, 4) is 11.1 Å². The van der Waals surface area contributed by atoms with Gasteiger partial charge in [-0.05, 0) is 48.7 Å². The molecule has 134 valence electrons. The molecule has 0 aliphatic rings. The SMILES string of the molecule is Cc1cccc(C(=O)NCCc2cccc(-c3cnc4[nH]ccc4c3)c2)c1. The second kappa shape index (κ2) is 7.46. The molecular formula is C23H21N3O. The van der Waals surface area contributed by atoms with E-state index >= 15 is 0 Å². The van der Waals surface area contributed by atoms with Gasteiger partial charge in [0.2, 0.25) is 0 Å². The van der Waals surface area contributed by atoms with Crippen LogP contribution in [-0.4, -0.2) is 22.4 Å². The number of pyridine rings is 1. The molecule has 1 amide bonds. The first-order valence-corrected chi connectivity index (χ1v) is 9.06. The Kier molecular flexibility index (Phi) is 4.71. The third-order valence-electron chi connectivity index (χ3n) is 4.64. The molecule has 0 aliphatic carbocycles. The van der Waals surface area contributed by atoms with Gasteiger partial charge in [-0.1, -0.05) is 42.0 Å². The number of nitrogens with one attached hydrogen (secondary N) is 2. The standard InChI is InChI=1S/C23H21N3O/c1-16-4-2-7-20(12-16)23(27)25-10-8-17-5-3-6-18(13-17)21-14-19-9-11-24-22(19)26-15-21/h2-7,9,11-15H,8,10H2,1H3,(H,24,26)(H,25,27). The zero-order valence-corrected chi connectivity index (χ0v) is 15.2. The van der Waals surface area contributed by atoms with Gasteiger partial charge in [-0.25, -0.2) is 4.98 Å². The summed E-state index contributed by atoms with van der Waals surface area (Å²) in [5.74, 6) is -0.0306. The van der Waals surface area contributed by atoms with E-state index in [1.54, 1.807) is 0 Å². The van der Waals surface area contributed by atoms with Crippen LogP contribution in [0, 0.1) is 6.92 Å². The maximum Gasteiger partial charge on any atom is 0.251 e. The first kappa shape index (κ1) is 17.0. The zero-order chi connectivity index (χ0) is 18.6. The second-order valence-corrected chi connectivity index (χ2v) is 6.72.